The number of rotatable bonds is 5. The van der Waals surface area contributed by atoms with Crippen LogP contribution in [-0.2, 0) is 16.6 Å². The van der Waals surface area contributed by atoms with Crippen molar-refractivity contribution in [1.82, 2.24) is 14.5 Å². The van der Waals surface area contributed by atoms with Gasteiger partial charge in [0.1, 0.15) is 4.90 Å². The summed E-state index contributed by atoms with van der Waals surface area (Å²) in [5.41, 5.74) is 5.69. The number of nitrogens with one attached hydrogen (secondary N) is 1. The van der Waals surface area contributed by atoms with Gasteiger partial charge in [0.15, 0.2) is 0 Å². The van der Waals surface area contributed by atoms with E-state index in [-0.39, 0.29) is 26.7 Å². The summed E-state index contributed by atoms with van der Waals surface area (Å²) in [6.45, 7) is 2.12. The minimum absolute atomic E-state index is 0.0425. The number of sulfonamides is 1. The van der Waals surface area contributed by atoms with Crippen molar-refractivity contribution < 1.29 is 8.42 Å². The van der Waals surface area contributed by atoms with Gasteiger partial charge in [-0.2, -0.15) is 5.10 Å². The lowest BCUT2D eigenvalue weighted by atomic mass is 10.3. The smallest absolute Gasteiger partial charge is 0.242 e. The van der Waals surface area contributed by atoms with Gasteiger partial charge in [-0.1, -0.05) is 23.2 Å². The molecule has 0 fully saturated rings. The Morgan fingerprint density at radius 3 is 2.76 bits per heavy atom. The van der Waals surface area contributed by atoms with Gasteiger partial charge in [-0.3, -0.25) is 4.68 Å². The predicted molar refractivity (Wildman–Crippen MR) is 82.9 cm³/mol. The third-order valence-corrected chi connectivity index (χ3v) is 5.24. The number of nitrogens with two attached hydrogens (primary N) is 1. The predicted octanol–water partition coefficient (Wildman–Crippen LogP) is 2.14. The average molecular weight is 349 g/mol. The summed E-state index contributed by atoms with van der Waals surface area (Å²) < 4.78 is 28.8. The zero-order valence-corrected chi connectivity index (χ0v) is 13.5. The standard InChI is InChI=1S/C12H14Cl2N4O2S/c1-8(7-18-6-2-5-16-18)17-21(19,20)10-4-3-9(13)12(15)11(10)14/h2-6,8,17H,7,15H2,1H3. The maximum Gasteiger partial charge on any atom is 0.242 e. The molecule has 1 aromatic carbocycles. The number of benzene rings is 1. The molecular formula is C12H14Cl2N4O2S. The highest BCUT2D eigenvalue weighted by Crippen LogP contribution is 2.33. The van der Waals surface area contributed by atoms with E-state index in [4.69, 9.17) is 28.9 Å². The molecule has 1 heterocycles. The monoisotopic (exact) mass is 348 g/mol. The lowest BCUT2D eigenvalue weighted by molar-refractivity contribution is 0.494. The lowest BCUT2D eigenvalue weighted by Crippen LogP contribution is -2.36. The van der Waals surface area contributed by atoms with Crippen LogP contribution in [0, 0.1) is 0 Å². The van der Waals surface area contributed by atoms with Crippen molar-refractivity contribution in [1.29, 1.82) is 0 Å². The Morgan fingerprint density at radius 2 is 2.14 bits per heavy atom. The van der Waals surface area contributed by atoms with Crippen LogP contribution in [0.15, 0.2) is 35.5 Å². The van der Waals surface area contributed by atoms with E-state index in [9.17, 15) is 8.42 Å². The van der Waals surface area contributed by atoms with Crippen LogP contribution in [0.1, 0.15) is 6.92 Å². The molecule has 0 aliphatic rings. The van der Waals surface area contributed by atoms with Crippen LogP contribution < -0.4 is 10.5 Å². The number of hydrogen-bond acceptors (Lipinski definition) is 4. The number of nitrogen functional groups attached to an aromatic ring is 1. The number of halogens is 2. The maximum atomic E-state index is 12.3. The van der Waals surface area contributed by atoms with E-state index in [1.54, 1.807) is 30.1 Å². The van der Waals surface area contributed by atoms with Gasteiger partial charge in [0, 0.05) is 18.4 Å². The molecule has 21 heavy (non-hydrogen) atoms. The van der Waals surface area contributed by atoms with Gasteiger partial charge < -0.3 is 5.73 Å². The third kappa shape index (κ3) is 3.68. The van der Waals surface area contributed by atoms with E-state index in [1.807, 2.05) is 0 Å². The van der Waals surface area contributed by atoms with Crippen molar-refractivity contribution in [3.05, 3.63) is 40.6 Å². The fraction of sp³-hybridized carbons (Fsp3) is 0.250. The van der Waals surface area contributed by atoms with E-state index < -0.39 is 10.0 Å². The van der Waals surface area contributed by atoms with Crippen LogP contribution in [0.25, 0.3) is 0 Å². The van der Waals surface area contributed by atoms with E-state index in [0.717, 1.165) is 0 Å². The Morgan fingerprint density at radius 1 is 1.43 bits per heavy atom. The molecule has 2 aromatic rings. The second-order valence-electron chi connectivity index (χ2n) is 4.52. The third-order valence-electron chi connectivity index (χ3n) is 2.76. The molecule has 0 bridgehead atoms. The van der Waals surface area contributed by atoms with Crippen LogP contribution in [0.5, 0.6) is 0 Å². The summed E-state index contributed by atoms with van der Waals surface area (Å²) in [4.78, 5) is -0.0987. The molecule has 3 N–H and O–H groups in total. The first-order valence-corrected chi connectivity index (χ1v) is 8.28. The topological polar surface area (TPSA) is 90.0 Å². The largest absolute Gasteiger partial charge is 0.396 e. The fourth-order valence-electron chi connectivity index (χ4n) is 1.81. The molecule has 9 heteroatoms. The second kappa shape index (κ2) is 6.23. The van der Waals surface area contributed by atoms with Gasteiger partial charge in [0.2, 0.25) is 10.0 Å². The maximum absolute atomic E-state index is 12.3. The molecule has 0 amide bonds. The summed E-state index contributed by atoms with van der Waals surface area (Å²) in [6.07, 6.45) is 3.37. The lowest BCUT2D eigenvalue weighted by Gasteiger charge is -2.16. The van der Waals surface area contributed by atoms with Crippen molar-refractivity contribution in [2.75, 3.05) is 5.73 Å². The van der Waals surface area contributed by atoms with Gasteiger partial charge >= 0.3 is 0 Å². The van der Waals surface area contributed by atoms with Crippen molar-refractivity contribution >= 4 is 38.9 Å². The minimum atomic E-state index is -3.79. The van der Waals surface area contributed by atoms with Gasteiger partial charge in [0.25, 0.3) is 0 Å². The zero-order chi connectivity index (χ0) is 15.6. The SMILES string of the molecule is CC(Cn1cccn1)NS(=O)(=O)c1ccc(Cl)c(N)c1Cl. The highest BCUT2D eigenvalue weighted by molar-refractivity contribution is 7.89. The molecular weight excluding hydrogens is 335 g/mol. The summed E-state index contributed by atoms with van der Waals surface area (Å²) in [7, 11) is -3.79. The molecule has 0 radical (unpaired) electrons. The van der Waals surface area contributed by atoms with Gasteiger partial charge in [-0.15, -0.1) is 0 Å². The highest BCUT2D eigenvalue weighted by atomic mass is 35.5. The van der Waals surface area contributed by atoms with Gasteiger partial charge in [0.05, 0.1) is 22.3 Å². The summed E-state index contributed by atoms with van der Waals surface area (Å²) in [6, 6.07) is 4.11. The number of aromatic nitrogens is 2. The molecule has 0 saturated carbocycles. The summed E-state index contributed by atoms with van der Waals surface area (Å²) in [5, 5.41) is 4.15. The quantitative estimate of drug-likeness (QED) is 0.810. The van der Waals surface area contributed by atoms with E-state index in [0.29, 0.717) is 6.54 Å². The summed E-state index contributed by atoms with van der Waals surface area (Å²) in [5.74, 6) is 0. The fourth-order valence-corrected chi connectivity index (χ4v) is 3.81. The normalized spacial score (nSPS) is 13.3. The Balaban J connectivity index is 2.20. The van der Waals surface area contributed by atoms with Crippen molar-refractivity contribution in [3.8, 4) is 0 Å². The molecule has 1 aromatic heterocycles. The van der Waals surface area contributed by atoms with Crippen molar-refractivity contribution in [3.63, 3.8) is 0 Å². The van der Waals surface area contributed by atoms with Crippen molar-refractivity contribution in [2.45, 2.75) is 24.4 Å². The van der Waals surface area contributed by atoms with Crippen LogP contribution in [0.2, 0.25) is 10.0 Å². The second-order valence-corrected chi connectivity index (χ2v) is 6.99. The van der Waals surface area contributed by atoms with Gasteiger partial charge in [-0.05, 0) is 25.1 Å². The first-order valence-electron chi connectivity index (χ1n) is 6.04. The Hall–Kier alpha value is -1.28. The summed E-state index contributed by atoms with van der Waals surface area (Å²) >= 11 is 11.8. The van der Waals surface area contributed by atoms with E-state index in [2.05, 4.69) is 9.82 Å². The van der Waals surface area contributed by atoms with Gasteiger partial charge in [-0.25, -0.2) is 13.1 Å². The molecule has 2 rings (SSSR count). The van der Waals surface area contributed by atoms with E-state index in [1.165, 1.54) is 12.1 Å². The number of nitrogens with zero attached hydrogens (tertiary/aromatic N) is 2. The Bertz CT molecular complexity index is 732. The first kappa shape index (κ1) is 16.1. The average Bonchev–Trinajstić information content (AvgIpc) is 2.87. The number of hydrogen-bond donors (Lipinski definition) is 2. The first-order chi connectivity index (χ1) is 9.81. The molecule has 6 nitrogen and oxygen atoms in total. The van der Waals surface area contributed by atoms with Crippen LogP contribution in [-0.4, -0.2) is 24.2 Å². The molecule has 114 valence electrons. The zero-order valence-electron chi connectivity index (χ0n) is 11.1. The Labute approximate surface area is 132 Å². The molecule has 0 aliphatic heterocycles. The van der Waals surface area contributed by atoms with Crippen LogP contribution in [0.3, 0.4) is 0 Å². The number of anilines is 1. The molecule has 0 aliphatic carbocycles. The van der Waals surface area contributed by atoms with Crippen molar-refractivity contribution in [2.24, 2.45) is 0 Å². The minimum Gasteiger partial charge on any atom is -0.396 e. The van der Waals surface area contributed by atoms with Crippen LogP contribution >= 0.6 is 23.2 Å². The van der Waals surface area contributed by atoms with Crippen LogP contribution in [0.4, 0.5) is 5.69 Å². The van der Waals surface area contributed by atoms with E-state index >= 15 is 0 Å². The molecule has 0 spiro atoms. The highest BCUT2D eigenvalue weighted by Gasteiger charge is 2.22. The molecule has 0 saturated heterocycles. The Kier molecular flexibility index (Phi) is 4.77. The molecule has 1 unspecified atom stereocenters. The molecule has 1 atom stereocenters.